The molecule has 1 amide bonds. The molecule has 1 aliphatic rings. The van der Waals surface area contributed by atoms with Crippen LogP contribution in [-0.4, -0.2) is 17.5 Å². The van der Waals surface area contributed by atoms with Gasteiger partial charge in [-0.25, -0.2) is 4.98 Å². The number of carbonyl (C=O) groups excluding carboxylic acids is 1. The van der Waals surface area contributed by atoms with Crippen molar-refractivity contribution in [1.29, 1.82) is 0 Å². The number of hydrogen-bond acceptors (Lipinski definition) is 5. The minimum absolute atomic E-state index is 0.0595. The quantitative estimate of drug-likeness (QED) is 0.374. The van der Waals surface area contributed by atoms with E-state index in [-0.39, 0.29) is 17.1 Å². The molecule has 0 saturated heterocycles. The maximum atomic E-state index is 13.6. The van der Waals surface area contributed by atoms with E-state index in [4.69, 9.17) is 9.15 Å². The minimum atomic E-state index is -0.669. The molecular formula is C27H24N2O4. The second-order valence-electron chi connectivity index (χ2n) is 8.21. The normalized spacial score (nSPS) is 15.2. The third kappa shape index (κ3) is 3.67. The molecule has 1 atom stereocenters. The number of para-hydroxylation sites is 1. The molecule has 0 radical (unpaired) electrons. The second kappa shape index (κ2) is 8.54. The van der Waals surface area contributed by atoms with Gasteiger partial charge in [-0.3, -0.25) is 14.5 Å². The summed E-state index contributed by atoms with van der Waals surface area (Å²) >= 11 is 0. The van der Waals surface area contributed by atoms with Gasteiger partial charge in [0.05, 0.1) is 23.6 Å². The molecule has 2 aromatic heterocycles. The number of aromatic nitrogens is 1. The van der Waals surface area contributed by atoms with Crippen molar-refractivity contribution in [1.82, 2.24) is 4.98 Å². The van der Waals surface area contributed by atoms with Crippen LogP contribution in [0.15, 0.2) is 76.1 Å². The molecule has 1 aliphatic heterocycles. The smallest absolute Gasteiger partial charge is 0.296 e. The number of nitrogens with zero attached hydrogens (tertiary/aromatic N) is 2. The van der Waals surface area contributed by atoms with E-state index in [1.54, 1.807) is 35.4 Å². The van der Waals surface area contributed by atoms with Crippen LogP contribution < -0.4 is 15.1 Å². The van der Waals surface area contributed by atoms with Crippen LogP contribution in [0.5, 0.6) is 5.75 Å². The Balaban J connectivity index is 1.71. The zero-order valence-electron chi connectivity index (χ0n) is 18.6. The Kier molecular flexibility index (Phi) is 5.42. The number of amides is 1. The molecule has 0 spiro atoms. The first-order valence-corrected chi connectivity index (χ1v) is 11.1. The summed E-state index contributed by atoms with van der Waals surface area (Å²) in [5, 5.41) is 0.448. The summed E-state index contributed by atoms with van der Waals surface area (Å²) in [6.45, 7) is 4.65. The molecule has 0 saturated carbocycles. The Labute approximate surface area is 191 Å². The highest BCUT2D eigenvalue weighted by Gasteiger charge is 2.44. The van der Waals surface area contributed by atoms with Crippen LogP contribution in [0.25, 0.3) is 11.0 Å². The molecule has 0 unspecified atom stereocenters. The van der Waals surface area contributed by atoms with Gasteiger partial charge in [-0.15, -0.1) is 0 Å². The summed E-state index contributed by atoms with van der Waals surface area (Å²) in [7, 11) is 0. The van der Waals surface area contributed by atoms with E-state index in [2.05, 4.69) is 11.9 Å². The van der Waals surface area contributed by atoms with E-state index < -0.39 is 6.04 Å². The SMILES string of the molecule is CCCCOc1cccc([C@H]2c3c(oc4ccccc4c3=O)C(=O)N2c2cc(C)ccn2)c1. The van der Waals surface area contributed by atoms with Crippen molar-refractivity contribution in [3.63, 3.8) is 0 Å². The Morgan fingerprint density at radius 1 is 1.06 bits per heavy atom. The van der Waals surface area contributed by atoms with E-state index in [1.165, 1.54) is 0 Å². The largest absolute Gasteiger partial charge is 0.494 e. The number of anilines is 1. The van der Waals surface area contributed by atoms with Crippen LogP contribution in [0.1, 0.15) is 53.1 Å². The van der Waals surface area contributed by atoms with Gasteiger partial charge in [0.25, 0.3) is 5.91 Å². The third-order valence-corrected chi connectivity index (χ3v) is 5.87. The number of hydrogen-bond donors (Lipinski definition) is 0. The highest BCUT2D eigenvalue weighted by atomic mass is 16.5. The number of fused-ring (bicyclic) bond motifs is 2. The molecule has 0 aliphatic carbocycles. The fourth-order valence-corrected chi connectivity index (χ4v) is 4.23. The van der Waals surface area contributed by atoms with Crippen molar-refractivity contribution in [3.8, 4) is 5.75 Å². The number of carbonyl (C=O) groups is 1. The van der Waals surface area contributed by atoms with Crippen molar-refractivity contribution in [2.45, 2.75) is 32.7 Å². The van der Waals surface area contributed by atoms with Gasteiger partial charge in [0.2, 0.25) is 5.76 Å². The van der Waals surface area contributed by atoms with Gasteiger partial charge < -0.3 is 9.15 Å². The first kappa shape index (κ1) is 20.9. The van der Waals surface area contributed by atoms with E-state index in [0.717, 1.165) is 24.0 Å². The lowest BCUT2D eigenvalue weighted by atomic mass is 9.98. The number of unbranched alkanes of at least 4 members (excludes halogenated alkanes) is 1. The number of rotatable bonds is 6. The zero-order valence-corrected chi connectivity index (χ0v) is 18.6. The van der Waals surface area contributed by atoms with Crippen molar-refractivity contribution in [3.05, 3.63) is 99.5 Å². The Hall–Kier alpha value is -3.93. The van der Waals surface area contributed by atoms with Crippen LogP contribution in [0.2, 0.25) is 0 Å². The van der Waals surface area contributed by atoms with Crippen LogP contribution in [0.3, 0.4) is 0 Å². The summed E-state index contributed by atoms with van der Waals surface area (Å²) in [5.74, 6) is 0.846. The van der Waals surface area contributed by atoms with Gasteiger partial charge >= 0.3 is 0 Å². The first-order valence-electron chi connectivity index (χ1n) is 11.1. The van der Waals surface area contributed by atoms with E-state index >= 15 is 0 Å². The fraction of sp³-hybridized carbons (Fsp3) is 0.222. The third-order valence-electron chi connectivity index (χ3n) is 5.87. The van der Waals surface area contributed by atoms with Crippen molar-refractivity contribution in [2.24, 2.45) is 0 Å². The molecule has 33 heavy (non-hydrogen) atoms. The molecule has 6 heteroatoms. The van der Waals surface area contributed by atoms with Crippen molar-refractivity contribution < 1.29 is 13.9 Å². The Morgan fingerprint density at radius 3 is 2.73 bits per heavy atom. The molecule has 0 N–H and O–H groups in total. The van der Waals surface area contributed by atoms with Crippen LogP contribution in [0.4, 0.5) is 5.82 Å². The van der Waals surface area contributed by atoms with Gasteiger partial charge in [0.1, 0.15) is 17.2 Å². The molecule has 0 bridgehead atoms. The highest BCUT2D eigenvalue weighted by Crippen LogP contribution is 2.41. The molecule has 2 aromatic carbocycles. The number of aryl methyl sites for hydroxylation is 1. The summed E-state index contributed by atoms with van der Waals surface area (Å²) < 4.78 is 11.9. The van der Waals surface area contributed by atoms with E-state index in [0.29, 0.717) is 34.7 Å². The predicted octanol–water partition coefficient (Wildman–Crippen LogP) is 5.43. The summed E-state index contributed by atoms with van der Waals surface area (Å²) in [6.07, 6.45) is 3.64. The van der Waals surface area contributed by atoms with Crippen LogP contribution in [0, 0.1) is 6.92 Å². The van der Waals surface area contributed by atoms with Gasteiger partial charge in [-0.05, 0) is 60.9 Å². The summed E-state index contributed by atoms with van der Waals surface area (Å²) in [4.78, 5) is 33.2. The number of benzene rings is 2. The predicted molar refractivity (Wildman–Crippen MR) is 127 cm³/mol. The zero-order chi connectivity index (χ0) is 22.9. The monoisotopic (exact) mass is 440 g/mol. The Morgan fingerprint density at radius 2 is 1.91 bits per heavy atom. The lowest BCUT2D eigenvalue weighted by molar-refractivity contribution is 0.0970. The van der Waals surface area contributed by atoms with Crippen molar-refractivity contribution in [2.75, 3.05) is 11.5 Å². The standard InChI is InChI=1S/C27H24N2O4/c1-3-4-14-32-19-9-7-8-18(16-19)24-23-25(30)20-10-5-6-11-21(20)33-26(23)27(31)29(24)22-15-17(2)12-13-28-22/h5-13,15-16,24H,3-4,14H2,1-2H3/t24-/m0/s1. The maximum absolute atomic E-state index is 13.6. The summed E-state index contributed by atoms with van der Waals surface area (Å²) in [5.41, 5.74) is 2.24. The van der Waals surface area contributed by atoms with Gasteiger partial charge in [-0.2, -0.15) is 0 Å². The lowest BCUT2D eigenvalue weighted by Crippen LogP contribution is -2.30. The number of pyridine rings is 1. The molecular weight excluding hydrogens is 416 g/mol. The Bertz CT molecular complexity index is 1410. The van der Waals surface area contributed by atoms with Crippen molar-refractivity contribution >= 4 is 22.7 Å². The highest BCUT2D eigenvalue weighted by molar-refractivity contribution is 6.10. The maximum Gasteiger partial charge on any atom is 0.296 e. The average Bonchev–Trinajstić information content (AvgIpc) is 3.12. The topological polar surface area (TPSA) is 72.6 Å². The number of ether oxygens (including phenoxy) is 1. The van der Waals surface area contributed by atoms with E-state index in [1.807, 2.05) is 43.3 Å². The van der Waals surface area contributed by atoms with Gasteiger partial charge in [0.15, 0.2) is 5.43 Å². The first-order chi connectivity index (χ1) is 16.1. The summed E-state index contributed by atoms with van der Waals surface area (Å²) in [6, 6.07) is 17.6. The molecule has 0 fully saturated rings. The molecule has 6 nitrogen and oxygen atoms in total. The lowest BCUT2D eigenvalue weighted by Gasteiger charge is -2.24. The fourth-order valence-electron chi connectivity index (χ4n) is 4.23. The van der Waals surface area contributed by atoms with Gasteiger partial charge in [-0.1, -0.05) is 37.6 Å². The molecule has 4 aromatic rings. The van der Waals surface area contributed by atoms with Crippen LogP contribution in [-0.2, 0) is 0 Å². The molecule has 166 valence electrons. The van der Waals surface area contributed by atoms with E-state index in [9.17, 15) is 9.59 Å². The molecule has 3 heterocycles. The average molecular weight is 440 g/mol. The van der Waals surface area contributed by atoms with Gasteiger partial charge in [0, 0.05) is 6.20 Å². The van der Waals surface area contributed by atoms with Crippen LogP contribution >= 0.6 is 0 Å². The molecule has 5 rings (SSSR count). The minimum Gasteiger partial charge on any atom is -0.494 e. The second-order valence-corrected chi connectivity index (χ2v) is 8.21.